The van der Waals surface area contributed by atoms with Crippen LogP contribution in [0.3, 0.4) is 0 Å². The van der Waals surface area contributed by atoms with Gasteiger partial charge in [0.25, 0.3) is 0 Å². The van der Waals surface area contributed by atoms with Crippen LogP contribution < -0.4 is 5.32 Å². The van der Waals surface area contributed by atoms with E-state index < -0.39 is 24.3 Å². The predicted octanol–water partition coefficient (Wildman–Crippen LogP) is 5.15. The first-order valence-corrected chi connectivity index (χ1v) is 7.23. The molecule has 122 valence electrons. The fourth-order valence-corrected chi connectivity index (χ4v) is 3.20. The Hall–Kier alpha value is -0.760. The molecule has 0 saturated heterocycles. The molecule has 0 spiro atoms. The van der Waals surface area contributed by atoms with Gasteiger partial charge in [-0.25, -0.2) is 0 Å². The van der Waals surface area contributed by atoms with Crippen LogP contribution in [0.1, 0.15) is 34.7 Å². The van der Waals surface area contributed by atoms with Gasteiger partial charge in [-0.1, -0.05) is 6.92 Å². The fraction of sp³-hybridized carbons (Fsp3) is 0.692. The van der Waals surface area contributed by atoms with Gasteiger partial charge in [0, 0.05) is 9.75 Å². The van der Waals surface area contributed by atoms with Gasteiger partial charge >= 0.3 is 12.4 Å². The molecule has 0 aliphatic carbocycles. The molecule has 21 heavy (non-hydrogen) atoms. The molecule has 1 nitrogen and oxygen atoms in total. The number of halogens is 6. The van der Waals surface area contributed by atoms with Crippen LogP contribution in [0.5, 0.6) is 0 Å². The van der Waals surface area contributed by atoms with Crippen molar-refractivity contribution in [3.8, 4) is 0 Å². The van der Waals surface area contributed by atoms with Gasteiger partial charge in [-0.15, -0.1) is 11.3 Å². The molecule has 1 aromatic rings. The molecule has 1 N–H and O–H groups in total. The van der Waals surface area contributed by atoms with Crippen molar-refractivity contribution in [2.24, 2.45) is 5.92 Å². The summed E-state index contributed by atoms with van der Waals surface area (Å²) in [4.78, 5) is 1.16. The smallest absolute Gasteiger partial charge is 0.309 e. The Balaban J connectivity index is 3.30. The summed E-state index contributed by atoms with van der Waals surface area (Å²) in [6.45, 7) is 4.97. The largest absolute Gasteiger partial charge is 0.402 e. The lowest BCUT2D eigenvalue weighted by Crippen LogP contribution is -2.46. The number of hydrogen-bond donors (Lipinski definition) is 1. The molecular formula is C13H17F6NS. The molecule has 0 saturated carbocycles. The van der Waals surface area contributed by atoms with Gasteiger partial charge in [-0.05, 0) is 38.4 Å². The van der Waals surface area contributed by atoms with Gasteiger partial charge < -0.3 is 5.32 Å². The van der Waals surface area contributed by atoms with E-state index in [-0.39, 0.29) is 12.1 Å². The van der Waals surface area contributed by atoms with Crippen LogP contribution in [0.25, 0.3) is 0 Å². The van der Waals surface area contributed by atoms with Crippen LogP contribution in [-0.4, -0.2) is 18.9 Å². The molecule has 0 fully saturated rings. The summed E-state index contributed by atoms with van der Waals surface area (Å²) in [6.07, 6.45) is -10.3. The Morgan fingerprint density at radius 2 is 1.62 bits per heavy atom. The third kappa shape index (κ3) is 4.60. The monoisotopic (exact) mass is 333 g/mol. The zero-order chi connectivity index (χ0) is 16.4. The van der Waals surface area contributed by atoms with Gasteiger partial charge in [0.15, 0.2) is 5.92 Å². The Morgan fingerprint density at radius 1 is 1.10 bits per heavy atom. The van der Waals surface area contributed by atoms with E-state index in [1.165, 1.54) is 24.3 Å². The minimum atomic E-state index is -5.36. The summed E-state index contributed by atoms with van der Waals surface area (Å²) < 4.78 is 77.8. The van der Waals surface area contributed by atoms with Crippen LogP contribution in [0.15, 0.2) is 6.07 Å². The van der Waals surface area contributed by atoms with Gasteiger partial charge in [0.2, 0.25) is 0 Å². The van der Waals surface area contributed by atoms with E-state index in [0.29, 0.717) is 16.2 Å². The fourth-order valence-electron chi connectivity index (χ4n) is 2.23. The summed E-state index contributed by atoms with van der Waals surface area (Å²) >= 11 is 1.19. The Labute approximate surface area is 123 Å². The van der Waals surface area contributed by atoms with E-state index in [9.17, 15) is 26.3 Å². The van der Waals surface area contributed by atoms with E-state index in [1.807, 2.05) is 0 Å². The van der Waals surface area contributed by atoms with Gasteiger partial charge in [-0.2, -0.15) is 26.3 Å². The van der Waals surface area contributed by atoms with Gasteiger partial charge in [-0.3, -0.25) is 0 Å². The second-order valence-corrected chi connectivity index (χ2v) is 6.32. The highest BCUT2D eigenvalue weighted by molar-refractivity contribution is 7.12. The first kappa shape index (κ1) is 18.3. The van der Waals surface area contributed by atoms with Crippen LogP contribution in [0, 0.1) is 19.8 Å². The first-order valence-electron chi connectivity index (χ1n) is 6.42. The molecule has 0 aromatic carbocycles. The van der Waals surface area contributed by atoms with Crippen molar-refractivity contribution in [1.82, 2.24) is 5.32 Å². The number of rotatable bonds is 5. The average Bonchev–Trinajstić information content (AvgIpc) is 2.59. The topological polar surface area (TPSA) is 12.0 Å². The van der Waals surface area contributed by atoms with Crippen molar-refractivity contribution in [3.05, 3.63) is 21.4 Å². The highest BCUT2D eigenvalue weighted by atomic mass is 32.1. The van der Waals surface area contributed by atoms with Crippen LogP contribution in [0.2, 0.25) is 0 Å². The molecule has 0 aliphatic rings. The molecule has 0 aliphatic heterocycles. The Bertz CT molecular complexity index is 448. The maximum Gasteiger partial charge on any atom is 0.402 e. The van der Waals surface area contributed by atoms with Crippen molar-refractivity contribution in [1.29, 1.82) is 0 Å². The van der Waals surface area contributed by atoms with Crippen molar-refractivity contribution in [3.63, 3.8) is 0 Å². The molecule has 0 bridgehead atoms. The van der Waals surface area contributed by atoms with Crippen LogP contribution in [0.4, 0.5) is 26.3 Å². The van der Waals surface area contributed by atoms with E-state index in [1.54, 1.807) is 13.8 Å². The molecule has 8 heteroatoms. The second kappa shape index (κ2) is 6.56. The zero-order valence-corrected chi connectivity index (χ0v) is 12.6. The standard InChI is InChI=1S/C13H17F6NS/c1-4-5-20-10(9-6-7(2)21-8(9)3)11(12(14,15)16)13(17,18)19/h6,10-11,20H,4-5H2,1-3H3. The normalized spacial score (nSPS) is 14.8. The molecule has 0 amide bonds. The number of thiophene rings is 1. The lowest BCUT2D eigenvalue weighted by atomic mass is 9.91. The highest BCUT2D eigenvalue weighted by Crippen LogP contribution is 2.47. The Kier molecular flexibility index (Phi) is 5.71. The second-order valence-electron chi connectivity index (χ2n) is 4.86. The summed E-state index contributed by atoms with van der Waals surface area (Å²) in [5.74, 6) is -3.41. The van der Waals surface area contributed by atoms with Crippen molar-refractivity contribution < 1.29 is 26.3 Å². The van der Waals surface area contributed by atoms with Crippen molar-refractivity contribution >= 4 is 11.3 Å². The lowest BCUT2D eigenvalue weighted by Gasteiger charge is -2.31. The summed E-state index contributed by atoms with van der Waals surface area (Å²) in [5.41, 5.74) is 0.0746. The maximum atomic E-state index is 13.0. The minimum absolute atomic E-state index is 0.0746. The first-order chi connectivity index (χ1) is 9.48. The van der Waals surface area contributed by atoms with Crippen LogP contribution >= 0.6 is 11.3 Å². The molecule has 0 radical (unpaired) electrons. The Morgan fingerprint density at radius 3 is 1.95 bits per heavy atom. The summed E-state index contributed by atoms with van der Waals surface area (Å²) in [7, 11) is 0. The molecule has 1 aromatic heterocycles. The van der Waals surface area contributed by atoms with Crippen LogP contribution in [-0.2, 0) is 0 Å². The number of nitrogens with one attached hydrogen (secondary N) is 1. The number of hydrogen-bond acceptors (Lipinski definition) is 2. The third-order valence-corrected chi connectivity index (χ3v) is 4.05. The van der Waals surface area contributed by atoms with Crippen molar-refractivity contribution in [2.45, 2.75) is 45.6 Å². The lowest BCUT2D eigenvalue weighted by molar-refractivity contribution is -0.292. The summed E-state index contributed by atoms with van der Waals surface area (Å²) in [6, 6.07) is -0.410. The highest BCUT2D eigenvalue weighted by Gasteiger charge is 2.60. The molecular weight excluding hydrogens is 316 g/mol. The summed E-state index contributed by atoms with van der Waals surface area (Å²) in [5, 5.41) is 2.42. The van der Waals surface area contributed by atoms with E-state index in [2.05, 4.69) is 5.32 Å². The van der Waals surface area contributed by atoms with E-state index in [0.717, 1.165) is 0 Å². The van der Waals surface area contributed by atoms with Gasteiger partial charge in [0.1, 0.15) is 0 Å². The minimum Gasteiger partial charge on any atom is -0.309 e. The van der Waals surface area contributed by atoms with Crippen molar-refractivity contribution in [2.75, 3.05) is 6.54 Å². The third-order valence-electron chi connectivity index (χ3n) is 3.07. The SMILES string of the molecule is CCCNC(c1cc(C)sc1C)C(C(F)(F)F)C(F)(F)F. The number of aryl methyl sites for hydroxylation is 2. The average molecular weight is 333 g/mol. The number of alkyl halides is 6. The zero-order valence-electron chi connectivity index (χ0n) is 11.8. The van der Waals surface area contributed by atoms with Gasteiger partial charge in [0.05, 0.1) is 6.04 Å². The molecule has 1 atom stereocenters. The molecule has 1 rings (SSSR count). The molecule has 1 unspecified atom stereocenters. The van der Waals surface area contributed by atoms with E-state index in [4.69, 9.17) is 0 Å². The predicted molar refractivity (Wildman–Crippen MR) is 70.4 cm³/mol. The van der Waals surface area contributed by atoms with E-state index >= 15 is 0 Å². The maximum absolute atomic E-state index is 13.0. The quantitative estimate of drug-likeness (QED) is 0.735. The molecule has 1 heterocycles.